The first-order valence-electron chi connectivity index (χ1n) is 7.22. The Morgan fingerprint density at radius 1 is 1.52 bits per heavy atom. The van der Waals surface area contributed by atoms with Crippen LogP contribution in [0.5, 0.6) is 0 Å². The summed E-state index contributed by atoms with van der Waals surface area (Å²) in [5, 5.41) is 10.2. The maximum Gasteiger partial charge on any atom is 0.254 e. The molecule has 4 rings (SSSR count). The van der Waals surface area contributed by atoms with Gasteiger partial charge in [-0.25, -0.2) is 4.98 Å². The highest BCUT2D eigenvalue weighted by Crippen LogP contribution is 2.35. The second kappa shape index (κ2) is 4.54. The van der Waals surface area contributed by atoms with E-state index in [1.165, 1.54) is 0 Å². The molecule has 6 nitrogen and oxygen atoms in total. The number of H-pyrrole nitrogens is 1. The molecular weight excluding hydrogens is 270 g/mol. The predicted molar refractivity (Wildman–Crippen MR) is 75.9 cm³/mol. The first-order chi connectivity index (χ1) is 10.2. The van der Waals surface area contributed by atoms with Crippen LogP contribution >= 0.6 is 0 Å². The zero-order valence-electron chi connectivity index (χ0n) is 11.6. The molecule has 2 aliphatic rings. The first kappa shape index (κ1) is 12.8. The van der Waals surface area contributed by atoms with Crippen molar-refractivity contribution in [2.24, 2.45) is 0 Å². The van der Waals surface area contributed by atoms with Gasteiger partial charge < -0.3 is 19.7 Å². The minimum atomic E-state index is -0.597. The van der Waals surface area contributed by atoms with Crippen LogP contribution in [0, 0.1) is 0 Å². The summed E-state index contributed by atoms with van der Waals surface area (Å²) in [7, 11) is 0. The van der Waals surface area contributed by atoms with Crippen molar-refractivity contribution in [3.8, 4) is 0 Å². The van der Waals surface area contributed by atoms with E-state index in [2.05, 4.69) is 9.97 Å². The Morgan fingerprint density at radius 2 is 2.43 bits per heavy atom. The summed E-state index contributed by atoms with van der Waals surface area (Å²) < 4.78 is 5.73. The number of carbonyl (C=O) groups is 1. The highest BCUT2D eigenvalue weighted by atomic mass is 16.5. The van der Waals surface area contributed by atoms with Crippen molar-refractivity contribution in [3.05, 3.63) is 30.1 Å². The minimum absolute atomic E-state index is 0.0714. The summed E-state index contributed by atoms with van der Waals surface area (Å²) >= 11 is 0. The maximum absolute atomic E-state index is 12.6. The monoisotopic (exact) mass is 287 g/mol. The number of β-amino-alcohol motifs (C(OH)–C–C–N with tert-alkyl or cyclic N) is 1. The van der Waals surface area contributed by atoms with Gasteiger partial charge in [0.15, 0.2) is 0 Å². The van der Waals surface area contributed by atoms with Crippen LogP contribution in [0.4, 0.5) is 0 Å². The molecule has 2 aromatic rings. The molecule has 1 spiro atoms. The van der Waals surface area contributed by atoms with Gasteiger partial charge in [-0.3, -0.25) is 4.79 Å². The first-order valence-corrected chi connectivity index (χ1v) is 7.22. The molecule has 1 aromatic carbocycles. The van der Waals surface area contributed by atoms with Crippen LogP contribution in [-0.4, -0.2) is 57.3 Å². The summed E-state index contributed by atoms with van der Waals surface area (Å²) in [4.78, 5) is 21.5. The summed E-state index contributed by atoms with van der Waals surface area (Å²) in [5.41, 5.74) is 1.73. The van der Waals surface area contributed by atoms with Crippen molar-refractivity contribution in [2.75, 3.05) is 19.7 Å². The second-order valence-corrected chi connectivity index (χ2v) is 5.85. The van der Waals surface area contributed by atoms with Crippen LogP contribution in [0.25, 0.3) is 11.0 Å². The zero-order valence-corrected chi connectivity index (χ0v) is 11.6. The number of aliphatic hydroxyl groups is 1. The fourth-order valence-corrected chi connectivity index (χ4v) is 3.38. The Morgan fingerprint density at radius 3 is 3.24 bits per heavy atom. The molecule has 0 bridgehead atoms. The third kappa shape index (κ3) is 1.94. The molecule has 6 heteroatoms. The number of nitrogens with one attached hydrogen (secondary N) is 1. The molecule has 3 heterocycles. The summed E-state index contributed by atoms with van der Waals surface area (Å²) in [6.07, 6.45) is 2.77. The van der Waals surface area contributed by atoms with Crippen molar-refractivity contribution >= 4 is 16.9 Å². The number of ether oxygens (including phenoxy) is 1. The largest absolute Gasteiger partial charge is 0.388 e. The third-order valence-electron chi connectivity index (χ3n) is 4.55. The van der Waals surface area contributed by atoms with E-state index in [9.17, 15) is 9.90 Å². The molecule has 0 unspecified atom stereocenters. The second-order valence-electron chi connectivity index (χ2n) is 5.85. The molecule has 1 aromatic heterocycles. The number of fused-ring (bicyclic) bond motifs is 1. The number of likely N-dealkylation sites (tertiary alicyclic amines) is 1. The van der Waals surface area contributed by atoms with Crippen LogP contribution < -0.4 is 0 Å². The van der Waals surface area contributed by atoms with Crippen LogP contribution in [0.1, 0.15) is 23.2 Å². The quantitative estimate of drug-likeness (QED) is 0.818. The molecule has 2 fully saturated rings. The molecule has 2 saturated heterocycles. The van der Waals surface area contributed by atoms with Crippen molar-refractivity contribution in [2.45, 2.75) is 24.5 Å². The highest BCUT2D eigenvalue weighted by molar-refractivity contribution is 5.97. The topological polar surface area (TPSA) is 78.5 Å². The molecule has 1 amide bonds. The van der Waals surface area contributed by atoms with E-state index in [0.29, 0.717) is 25.3 Å². The lowest BCUT2D eigenvalue weighted by molar-refractivity contribution is -0.0590. The van der Waals surface area contributed by atoms with Crippen LogP contribution in [0.3, 0.4) is 0 Å². The Hall–Kier alpha value is -1.92. The third-order valence-corrected chi connectivity index (χ3v) is 4.55. The highest BCUT2D eigenvalue weighted by Gasteiger charge is 2.50. The maximum atomic E-state index is 12.6. The van der Waals surface area contributed by atoms with Crippen molar-refractivity contribution in [1.82, 2.24) is 14.9 Å². The van der Waals surface area contributed by atoms with Gasteiger partial charge in [0.1, 0.15) is 11.7 Å². The number of benzene rings is 1. The van der Waals surface area contributed by atoms with E-state index in [1.54, 1.807) is 23.4 Å². The number of aromatic amines is 1. The van der Waals surface area contributed by atoms with Gasteiger partial charge in [-0.15, -0.1) is 0 Å². The number of aliphatic hydroxyl groups excluding tert-OH is 1. The fraction of sp³-hybridized carbons (Fsp3) is 0.467. The molecule has 2 aliphatic heterocycles. The molecule has 0 radical (unpaired) electrons. The number of hydrogen-bond donors (Lipinski definition) is 2. The molecular formula is C15H17N3O3. The Balaban J connectivity index is 1.60. The lowest BCUT2D eigenvalue weighted by Crippen LogP contribution is -2.41. The SMILES string of the molecule is O=C(c1ccc2nc[nH]c2c1)N1C[C@H](O)[C@]2(CCCO2)C1. The van der Waals surface area contributed by atoms with Gasteiger partial charge in [0.25, 0.3) is 5.91 Å². The van der Waals surface area contributed by atoms with Crippen molar-refractivity contribution in [3.63, 3.8) is 0 Å². The lowest BCUT2D eigenvalue weighted by Gasteiger charge is -2.25. The summed E-state index contributed by atoms with van der Waals surface area (Å²) in [6, 6.07) is 5.41. The van der Waals surface area contributed by atoms with Gasteiger partial charge in [0, 0.05) is 18.7 Å². The normalized spacial score (nSPS) is 28.8. The predicted octanol–water partition coefficient (Wildman–Crippen LogP) is 0.929. The molecule has 2 N–H and O–H groups in total. The number of nitrogens with zero attached hydrogens (tertiary/aromatic N) is 2. The number of carbonyl (C=O) groups excluding carboxylic acids is 1. The average Bonchev–Trinajstić information content (AvgIpc) is 3.20. The van der Waals surface area contributed by atoms with Crippen LogP contribution in [-0.2, 0) is 4.74 Å². The van der Waals surface area contributed by atoms with E-state index in [0.717, 1.165) is 23.9 Å². The van der Waals surface area contributed by atoms with Gasteiger partial charge in [0.2, 0.25) is 0 Å². The number of imidazole rings is 1. The average molecular weight is 287 g/mol. The van der Waals surface area contributed by atoms with Gasteiger partial charge in [-0.2, -0.15) is 0 Å². The van der Waals surface area contributed by atoms with E-state index < -0.39 is 11.7 Å². The molecule has 2 atom stereocenters. The van der Waals surface area contributed by atoms with E-state index >= 15 is 0 Å². The fourth-order valence-electron chi connectivity index (χ4n) is 3.38. The summed E-state index contributed by atoms with van der Waals surface area (Å²) in [6.45, 7) is 1.47. The van der Waals surface area contributed by atoms with Crippen molar-refractivity contribution < 1.29 is 14.6 Å². The minimum Gasteiger partial charge on any atom is -0.388 e. The zero-order chi connectivity index (χ0) is 14.4. The molecule has 21 heavy (non-hydrogen) atoms. The van der Waals surface area contributed by atoms with Crippen LogP contribution in [0.15, 0.2) is 24.5 Å². The smallest absolute Gasteiger partial charge is 0.254 e. The van der Waals surface area contributed by atoms with E-state index in [4.69, 9.17) is 4.74 Å². The molecule has 0 aliphatic carbocycles. The number of rotatable bonds is 1. The molecule has 110 valence electrons. The summed E-state index contributed by atoms with van der Waals surface area (Å²) in [5.74, 6) is -0.0714. The van der Waals surface area contributed by atoms with E-state index in [1.807, 2.05) is 6.07 Å². The van der Waals surface area contributed by atoms with Gasteiger partial charge >= 0.3 is 0 Å². The number of amides is 1. The number of hydrogen-bond acceptors (Lipinski definition) is 4. The van der Waals surface area contributed by atoms with Crippen molar-refractivity contribution in [1.29, 1.82) is 0 Å². The lowest BCUT2D eigenvalue weighted by atomic mass is 9.97. The van der Waals surface area contributed by atoms with Gasteiger partial charge in [-0.1, -0.05) is 0 Å². The van der Waals surface area contributed by atoms with E-state index in [-0.39, 0.29) is 5.91 Å². The Kier molecular flexibility index (Phi) is 2.77. The Bertz CT molecular complexity index is 690. The standard InChI is InChI=1S/C15H17N3O3/c19-13-7-18(8-15(13)4-1-5-21-15)14(20)10-2-3-11-12(6-10)17-9-16-11/h2-3,6,9,13,19H,1,4-5,7-8H2,(H,16,17)/t13-,15-/m0/s1. The number of aromatic nitrogens is 2. The van der Waals surface area contributed by atoms with Gasteiger partial charge in [0.05, 0.1) is 23.9 Å². The molecule has 0 saturated carbocycles. The van der Waals surface area contributed by atoms with Gasteiger partial charge in [-0.05, 0) is 31.0 Å². The Labute approximate surface area is 121 Å². The van der Waals surface area contributed by atoms with Crippen LogP contribution in [0.2, 0.25) is 0 Å².